The van der Waals surface area contributed by atoms with Gasteiger partial charge in [0.25, 0.3) is 5.56 Å². The Balaban J connectivity index is 1.73. The summed E-state index contributed by atoms with van der Waals surface area (Å²) in [5.41, 5.74) is 1.67. The van der Waals surface area contributed by atoms with Gasteiger partial charge in [-0.2, -0.15) is 0 Å². The third kappa shape index (κ3) is 2.86. The quantitative estimate of drug-likeness (QED) is 0.704. The molecular weight excluding hydrogens is 344 g/mol. The highest BCUT2D eigenvalue weighted by molar-refractivity contribution is 7.07. The molecular formula is C17H13ClN4OS. The molecule has 0 amide bonds. The van der Waals surface area contributed by atoms with E-state index in [1.54, 1.807) is 16.8 Å². The molecule has 24 heavy (non-hydrogen) atoms. The van der Waals surface area contributed by atoms with Crippen molar-refractivity contribution in [3.8, 4) is 0 Å². The number of fused-ring (bicyclic) bond motifs is 1. The van der Waals surface area contributed by atoms with Gasteiger partial charge in [-0.25, -0.2) is 4.99 Å². The number of nitrogens with zero attached hydrogens (tertiary/aromatic N) is 4. The fourth-order valence-corrected chi connectivity index (χ4v) is 3.68. The summed E-state index contributed by atoms with van der Waals surface area (Å²) in [7, 11) is 0. The van der Waals surface area contributed by atoms with E-state index < -0.39 is 0 Å². The first-order valence-corrected chi connectivity index (χ1v) is 8.57. The average Bonchev–Trinajstić information content (AvgIpc) is 2.91. The molecule has 3 heterocycles. The fourth-order valence-electron chi connectivity index (χ4n) is 2.54. The summed E-state index contributed by atoms with van der Waals surface area (Å²) in [5.74, 6) is 0. The zero-order valence-electron chi connectivity index (χ0n) is 12.6. The number of thiazole rings is 1. The van der Waals surface area contributed by atoms with Crippen molar-refractivity contribution in [2.45, 2.75) is 6.67 Å². The Bertz CT molecular complexity index is 1060. The van der Waals surface area contributed by atoms with E-state index in [1.807, 2.05) is 47.4 Å². The molecule has 7 heteroatoms. The number of anilines is 1. The lowest BCUT2D eigenvalue weighted by Crippen LogP contribution is -2.42. The number of halogens is 1. The standard InChI is InChI=1S/C17H13ClN4OS/c18-12-4-3-6-14(8-12)21-10-20-17-22(11-21)16(23)15(24-17)9-13-5-1-2-7-19-13/h1-9H,10-11H2. The largest absolute Gasteiger partial charge is 0.334 e. The van der Waals surface area contributed by atoms with Gasteiger partial charge in [0, 0.05) is 16.9 Å². The molecule has 0 N–H and O–H groups in total. The fraction of sp³-hybridized carbons (Fsp3) is 0.118. The maximum absolute atomic E-state index is 12.7. The highest BCUT2D eigenvalue weighted by Crippen LogP contribution is 2.20. The zero-order valence-corrected chi connectivity index (χ0v) is 14.2. The van der Waals surface area contributed by atoms with Crippen molar-refractivity contribution in [1.29, 1.82) is 0 Å². The third-order valence-corrected chi connectivity index (χ3v) is 5.00. The van der Waals surface area contributed by atoms with Gasteiger partial charge in [0.1, 0.15) is 13.3 Å². The SMILES string of the molecule is O=c1c(=Cc2ccccn2)sc2n1CN(c1cccc(Cl)c1)CN=2. The summed E-state index contributed by atoms with van der Waals surface area (Å²) in [6.45, 7) is 0.966. The highest BCUT2D eigenvalue weighted by atomic mass is 35.5. The number of hydrogen-bond donors (Lipinski definition) is 0. The van der Waals surface area contributed by atoms with Crippen LogP contribution in [-0.2, 0) is 6.67 Å². The van der Waals surface area contributed by atoms with Crippen LogP contribution >= 0.6 is 22.9 Å². The van der Waals surface area contributed by atoms with Gasteiger partial charge < -0.3 is 4.90 Å². The Labute approximate surface area is 146 Å². The van der Waals surface area contributed by atoms with Crippen molar-refractivity contribution >= 4 is 34.7 Å². The molecule has 1 aliphatic rings. The first-order valence-electron chi connectivity index (χ1n) is 7.38. The molecule has 1 aromatic carbocycles. The molecule has 0 aliphatic carbocycles. The molecule has 4 rings (SSSR count). The molecule has 0 unspecified atom stereocenters. The topological polar surface area (TPSA) is 50.5 Å². The predicted molar refractivity (Wildman–Crippen MR) is 96.0 cm³/mol. The van der Waals surface area contributed by atoms with Gasteiger partial charge in [-0.1, -0.05) is 35.1 Å². The van der Waals surface area contributed by atoms with Gasteiger partial charge in [-0.05, 0) is 36.4 Å². The number of pyridine rings is 1. The van der Waals surface area contributed by atoms with E-state index >= 15 is 0 Å². The van der Waals surface area contributed by atoms with Crippen LogP contribution in [0.15, 0.2) is 58.4 Å². The van der Waals surface area contributed by atoms with Crippen molar-refractivity contribution in [1.82, 2.24) is 9.55 Å². The Morgan fingerprint density at radius 1 is 1.21 bits per heavy atom. The number of hydrogen-bond acceptors (Lipinski definition) is 5. The van der Waals surface area contributed by atoms with E-state index in [-0.39, 0.29) is 5.56 Å². The van der Waals surface area contributed by atoms with E-state index in [2.05, 4.69) is 9.98 Å². The molecule has 1 aliphatic heterocycles. The van der Waals surface area contributed by atoms with E-state index in [0.29, 0.717) is 22.9 Å². The van der Waals surface area contributed by atoms with Gasteiger partial charge in [0.15, 0.2) is 4.80 Å². The Morgan fingerprint density at radius 2 is 2.12 bits per heavy atom. The van der Waals surface area contributed by atoms with Crippen LogP contribution in [0.2, 0.25) is 5.02 Å². The average molecular weight is 357 g/mol. The van der Waals surface area contributed by atoms with Crippen LogP contribution in [0.4, 0.5) is 5.69 Å². The lowest BCUT2D eigenvalue weighted by Gasteiger charge is -2.25. The minimum Gasteiger partial charge on any atom is -0.334 e. The Hall–Kier alpha value is -2.44. The number of aromatic nitrogens is 2. The van der Waals surface area contributed by atoms with Gasteiger partial charge >= 0.3 is 0 Å². The third-order valence-electron chi connectivity index (χ3n) is 3.72. The van der Waals surface area contributed by atoms with Gasteiger partial charge in [0.2, 0.25) is 0 Å². The summed E-state index contributed by atoms with van der Waals surface area (Å²) in [6.07, 6.45) is 3.51. The monoisotopic (exact) mass is 356 g/mol. The molecule has 0 saturated heterocycles. The molecule has 5 nitrogen and oxygen atoms in total. The lowest BCUT2D eigenvalue weighted by molar-refractivity contribution is 0.569. The van der Waals surface area contributed by atoms with Crippen molar-refractivity contribution < 1.29 is 0 Å². The Morgan fingerprint density at radius 3 is 2.92 bits per heavy atom. The summed E-state index contributed by atoms with van der Waals surface area (Å²) < 4.78 is 2.32. The maximum Gasteiger partial charge on any atom is 0.271 e. The molecule has 0 fully saturated rings. The maximum atomic E-state index is 12.7. The minimum atomic E-state index is -0.0452. The van der Waals surface area contributed by atoms with Gasteiger partial charge in [-0.3, -0.25) is 14.3 Å². The summed E-state index contributed by atoms with van der Waals surface area (Å²) >= 11 is 7.45. The molecule has 120 valence electrons. The van der Waals surface area contributed by atoms with Gasteiger partial charge in [0.05, 0.1) is 10.2 Å². The first kappa shape index (κ1) is 15.1. The molecule has 3 aromatic rings. The number of rotatable bonds is 2. The van der Waals surface area contributed by atoms with Gasteiger partial charge in [-0.15, -0.1) is 0 Å². The van der Waals surface area contributed by atoms with Crippen molar-refractivity contribution in [3.05, 3.63) is 79.1 Å². The van der Waals surface area contributed by atoms with Crippen molar-refractivity contribution in [3.63, 3.8) is 0 Å². The summed E-state index contributed by atoms with van der Waals surface area (Å²) in [5, 5.41) is 0.667. The van der Waals surface area contributed by atoms with Crippen LogP contribution in [0.3, 0.4) is 0 Å². The van der Waals surface area contributed by atoms with E-state index in [1.165, 1.54) is 11.3 Å². The van der Waals surface area contributed by atoms with Crippen LogP contribution in [0.1, 0.15) is 5.69 Å². The normalized spacial score (nSPS) is 14.4. The minimum absolute atomic E-state index is 0.0452. The lowest BCUT2D eigenvalue weighted by atomic mass is 10.3. The molecule has 2 aromatic heterocycles. The second-order valence-electron chi connectivity index (χ2n) is 5.34. The second kappa shape index (κ2) is 6.22. The first-order chi connectivity index (χ1) is 11.7. The highest BCUT2D eigenvalue weighted by Gasteiger charge is 2.16. The predicted octanol–water partition coefficient (Wildman–Crippen LogP) is 1.84. The van der Waals surface area contributed by atoms with E-state index in [9.17, 15) is 4.79 Å². The molecule has 0 spiro atoms. The Kier molecular flexibility index (Phi) is 3.92. The van der Waals surface area contributed by atoms with Crippen LogP contribution < -0.4 is 19.8 Å². The van der Waals surface area contributed by atoms with Crippen molar-refractivity contribution in [2.75, 3.05) is 11.6 Å². The van der Waals surface area contributed by atoms with Crippen LogP contribution in [0.25, 0.3) is 6.08 Å². The van der Waals surface area contributed by atoms with E-state index in [4.69, 9.17) is 11.6 Å². The summed E-state index contributed by atoms with van der Waals surface area (Å²) in [4.78, 5) is 24.2. The van der Waals surface area contributed by atoms with E-state index in [0.717, 1.165) is 16.2 Å². The second-order valence-corrected chi connectivity index (χ2v) is 6.79. The molecule has 0 bridgehead atoms. The zero-order chi connectivity index (χ0) is 16.5. The van der Waals surface area contributed by atoms with Crippen LogP contribution in [0.5, 0.6) is 0 Å². The molecule has 0 radical (unpaired) electrons. The van der Waals surface area contributed by atoms with Crippen molar-refractivity contribution in [2.24, 2.45) is 4.99 Å². The molecule has 0 saturated carbocycles. The van der Waals surface area contributed by atoms with Crippen LogP contribution in [0, 0.1) is 0 Å². The summed E-state index contributed by atoms with van der Waals surface area (Å²) in [6, 6.07) is 13.2. The van der Waals surface area contributed by atoms with Crippen LogP contribution in [-0.4, -0.2) is 16.2 Å². The molecule has 0 atom stereocenters. The smallest absolute Gasteiger partial charge is 0.271 e. The number of benzene rings is 1.